The minimum absolute atomic E-state index is 0.0325. The van der Waals surface area contributed by atoms with E-state index >= 15 is 0 Å². The van der Waals surface area contributed by atoms with Crippen LogP contribution in [0, 0.1) is 0 Å². The zero-order valence-electron chi connectivity index (χ0n) is 18.2. The fourth-order valence-corrected chi connectivity index (χ4v) is 3.63. The first-order valence-electron chi connectivity index (χ1n) is 10.6. The number of hydrogen-bond donors (Lipinski definition) is 8. The Balaban J connectivity index is 2.12. The fourth-order valence-electron chi connectivity index (χ4n) is 3.37. The first-order chi connectivity index (χ1) is 16.1. The lowest BCUT2D eigenvalue weighted by atomic mass is 10.0. The van der Waals surface area contributed by atoms with Crippen LogP contribution in [0.15, 0.2) is 24.3 Å². The molecule has 0 bridgehead atoms. The third-order valence-electron chi connectivity index (χ3n) is 5.19. The van der Waals surface area contributed by atoms with Crippen LogP contribution < -0.4 is 21.3 Å². The van der Waals surface area contributed by atoms with E-state index in [0.717, 1.165) is 6.42 Å². The normalized spacial score (nSPS) is 17.7. The highest BCUT2D eigenvalue weighted by molar-refractivity contribution is 7.80. The molecule has 1 aliphatic heterocycles. The van der Waals surface area contributed by atoms with Crippen LogP contribution in [0.4, 0.5) is 0 Å². The molecule has 0 aliphatic carbocycles. The molecule has 1 aromatic rings. The van der Waals surface area contributed by atoms with Gasteiger partial charge >= 0.3 is 11.9 Å². The molecule has 0 aromatic heterocycles. The number of carbonyl (C=O) groups excluding carboxylic acids is 3. The van der Waals surface area contributed by atoms with E-state index in [-0.39, 0.29) is 23.8 Å². The van der Waals surface area contributed by atoms with Gasteiger partial charge in [-0.3, -0.25) is 19.2 Å². The number of aromatic hydroxyl groups is 1. The maximum atomic E-state index is 13.0. The van der Waals surface area contributed by atoms with Crippen LogP contribution in [-0.4, -0.2) is 81.4 Å². The van der Waals surface area contributed by atoms with Crippen LogP contribution in [0.25, 0.3) is 0 Å². The van der Waals surface area contributed by atoms with Crippen LogP contribution in [0.2, 0.25) is 0 Å². The second-order valence-electron chi connectivity index (χ2n) is 7.82. The SMILES string of the molecule is O=C(O)CC(NC(=O)C(CS)NC(=O)C(Cc1ccc(O)cc1)NC(=O)C1CCCN1)C(=O)O. The second kappa shape index (κ2) is 12.8. The number of thiol groups is 1. The Kier molecular flexibility index (Phi) is 10.1. The maximum Gasteiger partial charge on any atom is 0.326 e. The second-order valence-corrected chi connectivity index (χ2v) is 8.19. The molecule has 0 spiro atoms. The number of amides is 3. The zero-order valence-corrected chi connectivity index (χ0v) is 19.1. The van der Waals surface area contributed by atoms with E-state index in [1.165, 1.54) is 12.1 Å². The van der Waals surface area contributed by atoms with Crippen molar-refractivity contribution >= 4 is 42.3 Å². The van der Waals surface area contributed by atoms with Gasteiger partial charge in [0.25, 0.3) is 0 Å². The third kappa shape index (κ3) is 8.23. The van der Waals surface area contributed by atoms with Crippen molar-refractivity contribution in [2.75, 3.05) is 12.3 Å². The molecule has 186 valence electrons. The number of benzene rings is 1. The predicted molar refractivity (Wildman–Crippen MR) is 122 cm³/mol. The summed E-state index contributed by atoms with van der Waals surface area (Å²) in [5.41, 5.74) is 0.636. The van der Waals surface area contributed by atoms with E-state index in [0.29, 0.717) is 18.5 Å². The van der Waals surface area contributed by atoms with Gasteiger partial charge in [-0.1, -0.05) is 12.1 Å². The number of carbonyl (C=O) groups is 5. The molecule has 1 saturated heterocycles. The van der Waals surface area contributed by atoms with E-state index < -0.39 is 54.3 Å². The smallest absolute Gasteiger partial charge is 0.326 e. The molecule has 4 atom stereocenters. The van der Waals surface area contributed by atoms with Gasteiger partial charge in [0.2, 0.25) is 17.7 Å². The standard InChI is InChI=1S/C21H28N4O8S/c26-12-5-3-11(4-6-12)8-14(23-18(29)13-2-1-7-22-13)19(30)25-16(10-34)20(31)24-15(21(32)33)9-17(27)28/h3-6,13-16,22,26,34H,1-2,7-10H2,(H,23,29)(H,24,31)(H,25,30)(H,27,28)(H,32,33). The van der Waals surface area contributed by atoms with Gasteiger partial charge in [0, 0.05) is 12.2 Å². The topological polar surface area (TPSA) is 194 Å². The van der Waals surface area contributed by atoms with Gasteiger partial charge in [0.05, 0.1) is 12.5 Å². The number of carboxylic acids is 2. The largest absolute Gasteiger partial charge is 0.508 e. The first-order valence-corrected chi connectivity index (χ1v) is 11.2. The Morgan fingerprint density at radius 2 is 1.59 bits per heavy atom. The quantitative estimate of drug-likeness (QED) is 0.161. The van der Waals surface area contributed by atoms with E-state index in [2.05, 4.69) is 33.9 Å². The van der Waals surface area contributed by atoms with Crippen molar-refractivity contribution < 1.29 is 39.3 Å². The summed E-state index contributed by atoms with van der Waals surface area (Å²) in [6.07, 6.45) is 0.640. The lowest BCUT2D eigenvalue weighted by Crippen LogP contribution is -2.58. The van der Waals surface area contributed by atoms with Gasteiger partial charge in [0.15, 0.2) is 0 Å². The first kappa shape index (κ1) is 26.9. The Bertz CT molecular complexity index is 905. The predicted octanol–water partition coefficient (Wildman–Crippen LogP) is -1.37. The number of phenols is 1. The number of aliphatic carboxylic acids is 2. The minimum atomic E-state index is -1.69. The highest BCUT2D eigenvalue weighted by Gasteiger charge is 2.31. The molecule has 0 saturated carbocycles. The van der Waals surface area contributed by atoms with Gasteiger partial charge in [-0.25, -0.2) is 4.79 Å². The average molecular weight is 497 g/mol. The van der Waals surface area contributed by atoms with E-state index in [1.807, 2.05) is 0 Å². The molecule has 1 fully saturated rings. The molecule has 0 radical (unpaired) electrons. The molecular formula is C21H28N4O8S. The van der Waals surface area contributed by atoms with Gasteiger partial charge in [-0.05, 0) is 37.1 Å². The van der Waals surface area contributed by atoms with Crippen LogP contribution >= 0.6 is 12.6 Å². The van der Waals surface area contributed by atoms with Gasteiger partial charge in [0.1, 0.15) is 23.9 Å². The molecule has 1 aromatic carbocycles. The van der Waals surface area contributed by atoms with E-state index in [9.17, 15) is 29.1 Å². The lowest BCUT2D eigenvalue weighted by Gasteiger charge is -2.24. The molecule has 7 N–H and O–H groups in total. The minimum Gasteiger partial charge on any atom is -0.508 e. The fraction of sp³-hybridized carbons (Fsp3) is 0.476. The monoisotopic (exact) mass is 496 g/mol. The Labute approximate surface area is 200 Å². The molecule has 13 heteroatoms. The summed E-state index contributed by atoms with van der Waals surface area (Å²) in [6.45, 7) is 0.676. The molecule has 2 rings (SSSR count). The summed E-state index contributed by atoms with van der Waals surface area (Å²) < 4.78 is 0. The van der Waals surface area contributed by atoms with Crippen molar-refractivity contribution in [1.29, 1.82) is 0 Å². The summed E-state index contributed by atoms with van der Waals surface area (Å²) in [7, 11) is 0. The van der Waals surface area contributed by atoms with Crippen molar-refractivity contribution in [2.24, 2.45) is 0 Å². The highest BCUT2D eigenvalue weighted by Crippen LogP contribution is 2.12. The van der Waals surface area contributed by atoms with E-state index in [1.54, 1.807) is 12.1 Å². The van der Waals surface area contributed by atoms with Gasteiger partial charge in [-0.2, -0.15) is 12.6 Å². The summed E-state index contributed by atoms with van der Waals surface area (Å²) in [5, 5.41) is 37.7. The van der Waals surface area contributed by atoms with Crippen molar-refractivity contribution in [3.63, 3.8) is 0 Å². The van der Waals surface area contributed by atoms with Gasteiger partial charge < -0.3 is 36.6 Å². The van der Waals surface area contributed by atoms with Crippen molar-refractivity contribution in [3.8, 4) is 5.75 Å². The number of phenolic OH excluding ortho intramolecular Hbond substituents is 1. The number of hydrogen-bond acceptors (Lipinski definition) is 8. The summed E-state index contributed by atoms with van der Waals surface area (Å²) in [6, 6.07) is 1.53. The Hall–Kier alpha value is -3.32. The van der Waals surface area contributed by atoms with Crippen LogP contribution in [0.3, 0.4) is 0 Å². The molecule has 34 heavy (non-hydrogen) atoms. The number of carboxylic acid groups (broad SMARTS) is 2. The molecule has 3 amide bonds. The highest BCUT2D eigenvalue weighted by atomic mass is 32.1. The summed E-state index contributed by atoms with van der Waals surface area (Å²) in [4.78, 5) is 60.2. The molecular weight excluding hydrogens is 468 g/mol. The Morgan fingerprint density at radius 3 is 2.12 bits per heavy atom. The summed E-state index contributed by atoms with van der Waals surface area (Å²) in [5.74, 6) is -5.15. The van der Waals surface area contributed by atoms with Crippen molar-refractivity contribution in [2.45, 2.75) is 49.9 Å². The zero-order chi connectivity index (χ0) is 25.3. The Morgan fingerprint density at radius 1 is 0.971 bits per heavy atom. The molecule has 1 heterocycles. The number of nitrogens with one attached hydrogen (secondary N) is 4. The van der Waals surface area contributed by atoms with E-state index in [4.69, 9.17) is 10.2 Å². The van der Waals surface area contributed by atoms with Crippen LogP contribution in [0.1, 0.15) is 24.8 Å². The van der Waals surface area contributed by atoms with Crippen molar-refractivity contribution in [1.82, 2.24) is 21.3 Å². The van der Waals surface area contributed by atoms with Crippen molar-refractivity contribution in [3.05, 3.63) is 29.8 Å². The van der Waals surface area contributed by atoms with Crippen LogP contribution in [-0.2, 0) is 30.4 Å². The maximum absolute atomic E-state index is 13.0. The average Bonchev–Trinajstić information content (AvgIpc) is 3.32. The van der Waals surface area contributed by atoms with Gasteiger partial charge in [-0.15, -0.1) is 0 Å². The molecule has 1 aliphatic rings. The lowest BCUT2D eigenvalue weighted by molar-refractivity contribution is -0.147. The molecule has 4 unspecified atom stereocenters. The third-order valence-corrected chi connectivity index (χ3v) is 5.56. The number of rotatable bonds is 12. The van der Waals surface area contributed by atoms with Crippen LogP contribution in [0.5, 0.6) is 5.75 Å². The molecule has 12 nitrogen and oxygen atoms in total. The summed E-state index contributed by atoms with van der Waals surface area (Å²) >= 11 is 4.03.